The lowest BCUT2D eigenvalue weighted by molar-refractivity contribution is 0.311. The topological polar surface area (TPSA) is 68.9 Å². The molecule has 0 aliphatic heterocycles. The molecular formula is C17H29N3O2. The van der Waals surface area contributed by atoms with Crippen LogP contribution in [0.15, 0.2) is 29.3 Å². The second-order valence-electron chi connectivity index (χ2n) is 5.14. The summed E-state index contributed by atoms with van der Waals surface area (Å²) < 4.78 is 10.8. The molecule has 0 aliphatic carbocycles. The second-order valence-corrected chi connectivity index (χ2v) is 5.14. The number of methoxy groups -OCH3 is 1. The first kappa shape index (κ1) is 18.1. The lowest BCUT2D eigenvalue weighted by Crippen LogP contribution is -2.32. The van der Waals surface area contributed by atoms with Crippen LogP contribution in [0, 0.1) is 0 Å². The largest absolute Gasteiger partial charge is 0.497 e. The SMILES string of the molecule is CCCCCCNC(N)=NCCCOc1cccc(OC)c1. The first-order chi connectivity index (χ1) is 10.8. The molecule has 0 radical (unpaired) electrons. The lowest BCUT2D eigenvalue weighted by atomic mass is 10.2. The highest BCUT2D eigenvalue weighted by Crippen LogP contribution is 2.18. The number of aliphatic imine (C=N–C) groups is 1. The van der Waals surface area contributed by atoms with E-state index < -0.39 is 0 Å². The van der Waals surface area contributed by atoms with E-state index in [2.05, 4.69) is 17.2 Å². The highest BCUT2D eigenvalue weighted by Gasteiger charge is 1.97. The average molecular weight is 307 g/mol. The maximum Gasteiger partial charge on any atom is 0.188 e. The maximum absolute atomic E-state index is 5.80. The van der Waals surface area contributed by atoms with Crippen LogP contribution in [0.2, 0.25) is 0 Å². The molecule has 0 heterocycles. The van der Waals surface area contributed by atoms with Crippen LogP contribution in [0.1, 0.15) is 39.0 Å². The summed E-state index contributed by atoms with van der Waals surface area (Å²) in [7, 11) is 1.64. The van der Waals surface area contributed by atoms with Crippen LogP contribution in [0.25, 0.3) is 0 Å². The van der Waals surface area contributed by atoms with Crippen LogP contribution < -0.4 is 20.5 Å². The third kappa shape index (κ3) is 8.39. The molecule has 0 aromatic heterocycles. The monoisotopic (exact) mass is 307 g/mol. The van der Waals surface area contributed by atoms with Gasteiger partial charge >= 0.3 is 0 Å². The molecule has 0 spiro atoms. The van der Waals surface area contributed by atoms with Crippen LogP contribution >= 0.6 is 0 Å². The summed E-state index contributed by atoms with van der Waals surface area (Å²) in [5.41, 5.74) is 5.80. The van der Waals surface area contributed by atoms with E-state index in [1.54, 1.807) is 7.11 Å². The molecule has 5 nitrogen and oxygen atoms in total. The van der Waals surface area contributed by atoms with E-state index in [0.717, 1.165) is 30.9 Å². The Morgan fingerprint density at radius 3 is 2.77 bits per heavy atom. The number of hydrogen-bond acceptors (Lipinski definition) is 3. The molecule has 1 aromatic rings. The Kier molecular flexibility index (Phi) is 9.66. The molecule has 0 unspecified atom stereocenters. The van der Waals surface area contributed by atoms with Gasteiger partial charge in [0.15, 0.2) is 5.96 Å². The van der Waals surface area contributed by atoms with Crippen LogP contribution in [0.5, 0.6) is 11.5 Å². The Balaban J connectivity index is 2.09. The number of hydrogen-bond donors (Lipinski definition) is 2. The molecule has 3 N–H and O–H groups in total. The van der Waals surface area contributed by atoms with Gasteiger partial charge < -0.3 is 20.5 Å². The summed E-state index contributed by atoms with van der Waals surface area (Å²) in [6.45, 7) is 4.38. The minimum absolute atomic E-state index is 0.526. The predicted octanol–water partition coefficient (Wildman–Crippen LogP) is 2.95. The van der Waals surface area contributed by atoms with E-state index in [-0.39, 0.29) is 0 Å². The zero-order chi connectivity index (χ0) is 16.0. The van der Waals surface area contributed by atoms with Gasteiger partial charge in [-0.25, -0.2) is 0 Å². The van der Waals surface area contributed by atoms with Gasteiger partial charge in [0, 0.05) is 25.6 Å². The van der Waals surface area contributed by atoms with E-state index in [1.807, 2.05) is 24.3 Å². The van der Waals surface area contributed by atoms with Crippen molar-refractivity contribution in [3.8, 4) is 11.5 Å². The van der Waals surface area contributed by atoms with Gasteiger partial charge in [-0.05, 0) is 18.6 Å². The first-order valence-corrected chi connectivity index (χ1v) is 8.07. The van der Waals surface area contributed by atoms with E-state index in [1.165, 1.54) is 19.3 Å². The number of benzene rings is 1. The molecule has 0 saturated heterocycles. The van der Waals surface area contributed by atoms with Gasteiger partial charge in [0.2, 0.25) is 0 Å². The molecule has 0 atom stereocenters. The zero-order valence-corrected chi connectivity index (χ0v) is 13.8. The maximum atomic E-state index is 5.80. The Hall–Kier alpha value is -1.91. The molecule has 5 heteroatoms. The second kappa shape index (κ2) is 11.7. The third-order valence-electron chi connectivity index (χ3n) is 3.23. The minimum Gasteiger partial charge on any atom is -0.497 e. The van der Waals surface area contributed by atoms with Crippen molar-refractivity contribution in [3.63, 3.8) is 0 Å². The number of guanidine groups is 1. The molecule has 0 amide bonds. The van der Waals surface area contributed by atoms with Gasteiger partial charge in [-0.3, -0.25) is 4.99 Å². The van der Waals surface area contributed by atoms with Crippen molar-refractivity contribution in [2.75, 3.05) is 26.8 Å². The van der Waals surface area contributed by atoms with E-state index in [9.17, 15) is 0 Å². The van der Waals surface area contributed by atoms with Crippen molar-refractivity contribution < 1.29 is 9.47 Å². The number of nitrogens with two attached hydrogens (primary N) is 1. The highest BCUT2D eigenvalue weighted by molar-refractivity contribution is 5.77. The van der Waals surface area contributed by atoms with Crippen molar-refractivity contribution in [1.29, 1.82) is 0 Å². The Morgan fingerprint density at radius 2 is 2.00 bits per heavy atom. The van der Waals surface area contributed by atoms with Crippen LogP contribution in [-0.2, 0) is 0 Å². The fraction of sp³-hybridized carbons (Fsp3) is 0.588. The molecule has 124 valence electrons. The summed E-state index contributed by atoms with van der Waals surface area (Å²) in [5.74, 6) is 2.13. The Bertz CT molecular complexity index is 436. The summed E-state index contributed by atoms with van der Waals surface area (Å²) in [6, 6.07) is 7.59. The molecule has 22 heavy (non-hydrogen) atoms. The van der Waals surface area contributed by atoms with E-state index in [4.69, 9.17) is 15.2 Å². The van der Waals surface area contributed by atoms with Crippen LogP contribution in [-0.4, -0.2) is 32.8 Å². The molecule has 0 saturated carbocycles. The van der Waals surface area contributed by atoms with Gasteiger partial charge in [-0.2, -0.15) is 0 Å². The Morgan fingerprint density at radius 1 is 1.18 bits per heavy atom. The van der Waals surface area contributed by atoms with E-state index >= 15 is 0 Å². The fourth-order valence-electron chi connectivity index (χ4n) is 1.97. The highest BCUT2D eigenvalue weighted by atomic mass is 16.5. The summed E-state index contributed by atoms with van der Waals surface area (Å²) in [6.07, 6.45) is 5.74. The molecule has 1 rings (SSSR count). The molecular weight excluding hydrogens is 278 g/mol. The molecule has 0 bridgehead atoms. The van der Waals surface area contributed by atoms with Gasteiger partial charge in [-0.15, -0.1) is 0 Å². The number of ether oxygens (including phenoxy) is 2. The third-order valence-corrected chi connectivity index (χ3v) is 3.23. The average Bonchev–Trinajstić information content (AvgIpc) is 2.54. The Labute approximate surface area is 133 Å². The standard InChI is InChI=1S/C17H29N3O2/c1-3-4-5-6-11-19-17(18)20-12-8-13-22-16-10-7-9-15(14-16)21-2/h7,9-10,14H,3-6,8,11-13H2,1-2H3,(H3,18,19,20). The van der Waals surface area contributed by atoms with Crippen molar-refractivity contribution >= 4 is 5.96 Å². The molecule has 1 aromatic carbocycles. The van der Waals surface area contributed by atoms with Gasteiger partial charge in [-0.1, -0.05) is 32.3 Å². The number of nitrogens with one attached hydrogen (secondary N) is 1. The van der Waals surface area contributed by atoms with Crippen molar-refractivity contribution in [2.24, 2.45) is 10.7 Å². The quantitative estimate of drug-likeness (QED) is 0.375. The lowest BCUT2D eigenvalue weighted by Gasteiger charge is -2.07. The number of nitrogens with zero attached hydrogens (tertiary/aromatic N) is 1. The van der Waals surface area contributed by atoms with Gasteiger partial charge in [0.05, 0.1) is 13.7 Å². The first-order valence-electron chi connectivity index (χ1n) is 8.07. The van der Waals surface area contributed by atoms with Crippen molar-refractivity contribution in [2.45, 2.75) is 39.0 Å². The summed E-state index contributed by atoms with van der Waals surface area (Å²) in [5, 5.41) is 3.14. The van der Waals surface area contributed by atoms with Crippen LogP contribution in [0.3, 0.4) is 0 Å². The smallest absolute Gasteiger partial charge is 0.188 e. The number of rotatable bonds is 11. The molecule has 0 aliphatic rings. The minimum atomic E-state index is 0.526. The van der Waals surface area contributed by atoms with Crippen LogP contribution in [0.4, 0.5) is 0 Å². The van der Waals surface area contributed by atoms with E-state index in [0.29, 0.717) is 19.1 Å². The predicted molar refractivity (Wildman–Crippen MR) is 91.7 cm³/mol. The summed E-state index contributed by atoms with van der Waals surface area (Å²) >= 11 is 0. The van der Waals surface area contributed by atoms with Crippen molar-refractivity contribution in [1.82, 2.24) is 5.32 Å². The normalized spacial score (nSPS) is 11.3. The molecule has 0 fully saturated rings. The summed E-state index contributed by atoms with van der Waals surface area (Å²) in [4.78, 5) is 4.29. The van der Waals surface area contributed by atoms with Gasteiger partial charge in [0.1, 0.15) is 11.5 Å². The zero-order valence-electron chi connectivity index (χ0n) is 13.8. The fourth-order valence-corrected chi connectivity index (χ4v) is 1.97. The van der Waals surface area contributed by atoms with Crippen molar-refractivity contribution in [3.05, 3.63) is 24.3 Å². The number of unbranched alkanes of at least 4 members (excludes halogenated alkanes) is 3. The van der Waals surface area contributed by atoms with Gasteiger partial charge in [0.25, 0.3) is 0 Å².